The van der Waals surface area contributed by atoms with E-state index in [2.05, 4.69) is 9.82 Å². The van der Waals surface area contributed by atoms with Gasteiger partial charge in [0, 0.05) is 12.8 Å². The molecule has 1 atom stereocenters. The number of anilines is 1. The summed E-state index contributed by atoms with van der Waals surface area (Å²) in [6.07, 6.45) is 6.60. The molecule has 0 spiro atoms. The number of nitrogens with zero attached hydrogens (tertiary/aromatic N) is 2. The van der Waals surface area contributed by atoms with E-state index >= 15 is 0 Å². The molecular weight excluding hydrogens is 230 g/mol. The monoisotopic (exact) mass is 245 g/mol. The van der Waals surface area contributed by atoms with Crippen molar-refractivity contribution in [2.75, 3.05) is 17.6 Å². The Kier molecular flexibility index (Phi) is 3.15. The van der Waals surface area contributed by atoms with Crippen molar-refractivity contribution in [2.45, 2.75) is 25.5 Å². The lowest BCUT2D eigenvalue weighted by Crippen LogP contribution is -2.15. The predicted octanol–water partition coefficient (Wildman–Crippen LogP) is 0.434. The average molecular weight is 245 g/mol. The van der Waals surface area contributed by atoms with Crippen molar-refractivity contribution >= 4 is 15.7 Å². The van der Waals surface area contributed by atoms with Crippen LogP contribution in [0.15, 0.2) is 12.4 Å². The van der Waals surface area contributed by atoms with Crippen LogP contribution in [0.25, 0.3) is 0 Å². The van der Waals surface area contributed by atoms with E-state index in [9.17, 15) is 8.42 Å². The van der Waals surface area contributed by atoms with Crippen LogP contribution in [0.3, 0.4) is 0 Å². The van der Waals surface area contributed by atoms with Crippen molar-refractivity contribution in [3.8, 4) is 0 Å². The van der Waals surface area contributed by atoms with Crippen LogP contribution in [-0.4, -0.2) is 37.2 Å². The summed E-state index contributed by atoms with van der Waals surface area (Å²) in [5.41, 5.74) is 0.487. The van der Waals surface area contributed by atoms with Gasteiger partial charge in [-0.25, -0.2) is 8.42 Å². The predicted molar refractivity (Wildman–Crippen MR) is 59.7 cm³/mol. The van der Waals surface area contributed by atoms with Gasteiger partial charge in [-0.15, -0.1) is 0 Å². The lowest BCUT2D eigenvalue weighted by Gasteiger charge is -2.08. The van der Waals surface area contributed by atoms with E-state index in [0.29, 0.717) is 12.2 Å². The molecule has 1 aliphatic rings. The first-order chi connectivity index (χ1) is 7.53. The molecule has 0 radical (unpaired) electrons. The molecule has 0 bridgehead atoms. The minimum Gasteiger partial charge on any atom is -0.376 e. The average Bonchev–Trinajstić information content (AvgIpc) is 2.75. The molecule has 2 heterocycles. The second kappa shape index (κ2) is 4.42. The summed E-state index contributed by atoms with van der Waals surface area (Å²) in [6, 6.07) is 0. The highest BCUT2D eigenvalue weighted by Gasteiger charge is 2.16. The molecule has 16 heavy (non-hydrogen) atoms. The molecule has 0 amide bonds. The third-order valence-corrected chi connectivity index (χ3v) is 2.96. The van der Waals surface area contributed by atoms with E-state index < -0.39 is 10.0 Å². The number of rotatable bonds is 4. The maximum atomic E-state index is 11.0. The first kappa shape index (κ1) is 11.4. The third kappa shape index (κ3) is 3.21. The van der Waals surface area contributed by atoms with Crippen LogP contribution < -0.4 is 4.72 Å². The summed E-state index contributed by atoms with van der Waals surface area (Å²) >= 11 is 0. The maximum absolute atomic E-state index is 11.0. The standard InChI is InChI=1S/C9H15N3O3S/c1-16(13,14)11-8-5-10-12(6-8)7-9-3-2-4-15-9/h5-6,9,11H,2-4,7H2,1H3. The molecule has 1 fully saturated rings. The Bertz CT molecular complexity index is 448. The molecule has 0 aliphatic carbocycles. The lowest BCUT2D eigenvalue weighted by atomic mass is 10.2. The minimum absolute atomic E-state index is 0.200. The summed E-state index contributed by atoms with van der Waals surface area (Å²) in [7, 11) is -3.23. The fraction of sp³-hybridized carbons (Fsp3) is 0.667. The van der Waals surface area contributed by atoms with Crippen LogP contribution in [-0.2, 0) is 21.3 Å². The molecular formula is C9H15N3O3S. The zero-order chi connectivity index (χ0) is 11.6. The number of hydrogen-bond donors (Lipinski definition) is 1. The molecule has 0 saturated carbocycles. The molecule has 1 aromatic heterocycles. The van der Waals surface area contributed by atoms with E-state index in [1.54, 1.807) is 10.9 Å². The van der Waals surface area contributed by atoms with Crippen LogP contribution in [0.2, 0.25) is 0 Å². The first-order valence-corrected chi connectivity index (χ1v) is 7.04. The summed E-state index contributed by atoms with van der Waals surface area (Å²) in [6.45, 7) is 1.48. The molecule has 1 saturated heterocycles. The van der Waals surface area contributed by atoms with Gasteiger partial charge in [0.25, 0.3) is 0 Å². The number of aromatic nitrogens is 2. The lowest BCUT2D eigenvalue weighted by molar-refractivity contribution is 0.0940. The van der Waals surface area contributed by atoms with Crippen molar-refractivity contribution in [1.82, 2.24) is 9.78 Å². The highest BCUT2D eigenvalue weighted by atomic mass is 32.2. The van der Waals surface area contributed by atoms with Gasteiger partial charge in [0.15, 0.2) is 0 Å². The van der Waals surface area contributed by atoms with Crippen molar-refractivity contribution in [3.05, 3.63) is 12.4 Å². The number of sulfonamides is 1. The molecule has 1 aromatic rings. The van der Waals surface area contributed by atoms with Crippen LogP contribution >= 0.6 is 0 Å². The molecule has 6 nitrogen and oxygen atoms in total. The molecule has 1 N–H and O–H groups in total. The van der Waals surface area contributed by atoms with Gasteiger partial charge in [0.1, 0.15) is 0 Å². The van der Waals surface area contributed by atoms with Gasteiger partial charge >= 0.3 is 0 Å². The Labute approximate surface area is 94.6 Å². The first-order valence-electron chi connectivity index (χ1n) is 5.15. The van der Waals surface area contributed by atoms with Crippen LogP contribution in [0, 0.1) is 0 Å². The van der Waals surface area contributed by atoms with Gasteiger partial charge in [-0.05, 0) is 12.8 Å². The topological polar surface area (TPSA) is 73.2 Å². The Morgan fingerprint density at radius 1 is 1.69 bits per heavy atom. The molecule has 1 aliphatic heterocycles. The Balaban J connectivity index is 1.96. The van der Waals surface area contributed by atoms with E-state index in [1.807, 2.05) is 0 Å². The van der Waals surface area contributed by atoms with Crippen LogP contribution in [0.5, 0.6) is 0 Å². The summed E-state index contributed by atoms with van der Waals surface area (Å²) in [5, 5.41) is 4.07. The maximum Gasteiger partial charge on any atom is 0.229 e. The Morgan fingerprint density at radius 2 is 2.50 bits per heavy atom. The minimum atomic E-state index is -3.23. The van der Waals surface area contributed by atoms with Gasteiger partial charge in [0.2, 0.25) is 10.0 Å². The van der Waals surface area contributed by atoms with Crippen LogP contribution in [0.1, 0.15) is 12.8 Å². The number of hydrogen-bond acceptors (Lipinski definition) is 4. The van der Waals surface area contributed by atoms with Crippen LogP contribution in [0.4, 0.5) is 5.69 Å². The highest BCUT2D eigenvalue weighted by molar-refractivity contribution is 7.92. The molecule has 7 heteroatoms. The summed E-state index contributed by atoms with van der Waals surface area (Å²) < 4.78 is 31.5. The van der Waals surface area contributed by atoms with Gasteiger partial charge in [-0.1, -0.05) is 0 Å². The summed E-state index contributed by atoms with van der Waals surface area (Å²) in [5.74, 6) is 0. The van der Waals surface area contributed by atoms with Gasteiger partial charge < -0.3 is 4.74 Å². The zero-order valence-electron chi connectivity index (χ0n) is 9.09. The van der Waals surface area contributed by atoms with E-state index in [0.717, 1.165) is 25.7 Å². The fourth-order valence-corrected chi connectivity index (χ4v) is 2.26. The smallest absolute Gasteiger partial charge is 0.229 e. The van der Waals surface area contributed by atoms with Crippen molar-refractivity contribution in [1.29, 1.82) is 0 Å². The number of ether oxygens (including phenoxy) is 1. The summed E-state index contributed by atoms with van der Waals surface area (Å²) in [4.78, 5) is 0. The second-order valence-corrected chi connectivity index (χ2v) is 5.71. The quantitative estimate of drug-likeness (QED) is 0.835. The third-order valence-electron chi connectivity index (χ3n) is 2.35. The van der Waals surface area contributed by atoms with Crippen molar-refractivity contribution in [3.63, 3.8) is 0 Å². The van der Waals surface area contributed by atoms with E-state index in [-0.39, 0.29) is 6.10 Å². The SMILES string of the molecule is CS(=O)(=O)Nc1cnn(CC2CCCO2)c1. The van der Waals surface area contributed by atoms with Gasteiger partial charge in [0.05, 0.1) is 30.8 Å². The zero-order valence-corrected chi connectivity index (χ0v) is 9.90. The molecule has 90 valence electrons. The van der Waals surface area contributed by atoms with E-state index in [1.165, 1.54) is 6.20 Å². The molecule has 2 rings (SSSR count). The van der Waals surface area contributed by atoms with Crippen molar-refractivity contribution in [2.24, 2.45) is 0 Å². The van der Waals surface area contributed by atoms with Crippen molar-refractivity contribution < 1.29 is 13.2 Å². The molecule has 0 aromatic carbocycles. The van der Waals surface area contributed by atoms with Gasteiger partial charge in [-0.2, -0.15) is 5.10 Å². The Morgan fingerprint density at radius 3 is 3.12 bits per heavy atom. The number of nitrogens with one attached hydrogen (secondary N) is 1. The largest absolute Gasteiger partial charge is 0.376 e. The van der Waals surface area contributed by atoms with E-state index in [4.69, 9.17) is 4.74 Å². The van der Waals surface area contributed by atoms with Gasteiger partial charge in [-0.3, -0.25) is 9.40 Å². The normalized spacial score (nSPS) is 21.2. The highest BCUT2D eigenvalue weighted by Crippen LogP contribution is 2.15. The molecule has 1 unspecified atom stereocenters. The second-order valence-electron chi connectivity index (χ2n) is 3.96. The fourth-order valence-electron chi connectivity index (χ4n) is 1.73. The Hall–Kier alpha value is -1.08.